The number of piperidine rings is 1. The molecule has 1 unspecified atom stereocenters. The predicted octanol–water partition coefficient (Wildman–Crippen LogP) is -1.20. The van der Waals surface area contributed by atoms with Gasteiger partial charge in [-0.05, 0) is 18.6 Å². The molecule has 4 N–H and O–H groups in total. The minimum absolute atomic E-state index is 0.0565. The summed E-state index contributed by atoms with van der Waals surface area (Å²) in [7, 11) is 0. The fourth-order valence-electron chi connectivity index (χ4n) is 4.45. The molecule has 17 heteroatoms. The number of fused-ring (bicyclic) bond motifs is 1. The van der Waals surface area contributed by atoms with Crippen LogP contribution in [0.3, 0.4) is 0 Å². The van der Waals surface area contributed by atoms with Gasteiger partial charge in [0, 0.05) is 25.2 Å². The molecule has 1 aromatic carbocycles. The maximum Gasteiger partial charge on any atom is 0.329 e. The second kappa shape index (κ2) is 20.2. The van der Waals surface area contributed by atoms with Gasteiger partial charge in [-0.3, -0.25) is 34.2 Å². The molecule has 1 aromatic rings. The van der Waals surface area contributed by atoms with Gasteiger partial charge in [-0.25, -0.2) is 4.79 Å². The van der Waals surface area contributed by atoms with E-state index in [0.29, 0.717) is 71.7 Å². The first-order chi connectivity index (χ1) is 22.3. The minimum atomic E-state index is -1.14. The standard InChI is InChI=1S/C29H40N4O13/c34-23-5-4-22(27(38)32-23)33-28(39)20-2-1-3-21(26(20)29(33)40)30-6-8-41-10-12-43-14-16-45-17-15-44-13-11-42-9-7-31-24(35)18-46-19-25(36)37/h1-3,22,30H,4-19H2,(H,31,35)(H,36,37)(H,32,34,38). The van der Waals surface area contributed by atoms with Crippen molar-refractivity contribution in [2.75, 3.05) is 97.7 Å². The lowest BCUT2D eigenvalue weighted by Crippen LogP contribution is -2.54. The number of nitrogens with one attached hydrogen (secondary N) is 3. The van der Waals surface area contributed by atoms with E-state index in [9.17, 15) is 28.8 Å². The number of imide groups is 2. The molecule has 0 radical (unpaired) electrons. The summed E-state index contributed by atoms with van der Waals surface area (Å²) in [5, 5.41) is 16.2. The van der Waals surface area contributed by atoms with Crippen LogP contribution >= 0.6 is 0 Å². The number of nitrogens with zero attached hydrogens (tertiary/aromatic N) is 1. The number of carboxylic acid groups (broad SMARTS) is 1. The van der Waals surface area contributed by atoms with Gasteiger partial charge < -0.3 is 44.2 Å². The zero-order chi connectivity index (χ0) is 33.1. The first kappa shape index (κ1) is 36.5. The number of carboxylic acids is 1. The highest BCUT2D eigenvalue weighted by Gasteiger charge is 2.45. The van der Waals surface area contributed by atoms with Crippen LogP contribution < -0.4 is 16.0 Å². The first-order valence-corrected chi connectivity index (χ1v) is 14.8. The monoisotopic (exact) mass is 652 g/mol. The molecule has 2 aliphatic rings. The molecule has 0 aliphatic carbocycles. The molecule has 3 rings (SSSR count). The Morgan fingerprint density at radius 1 is 0.783 bits per heavy atom. The highest BCUT2D eigenvalue weighted by molar-refractivity contribution is 6.25. The number of aliphatic carboxylic acids is 1. The van der Waals surface area contributed by atoms with Crippen molar-refractivity contribution in [2.45, 2.75) is 18.9 Å². The molecule has 1 atom stereocenters. The van der Waals surface area contributed by atoms with Crippen molar-refractivity contribution in [2.24, 2.45) is 0 Å². The Labute approximate surface area is 265 Å². The summed E-state index contributed by atoms with van der Waals surface area (Å²) in [6, 6.07) is 3.85. The number of benzene rings is 1. The SMILES string of the molecule is O=C(O)COCC(=O)NCCOCCOCCOCCOCCOCCNc1cccc2c1C(=O)N(C1CCC(=O)NC1=O)C2=O. The normalized spacial score (nSPS) is 16.0. The molecule has 2 heterocycles. The molecule has 0 aromatic heterocycles. The Bertz CT molecular complexity index is 1210. The van der Waals surface area contributed by atoms with Gasteiger partial charge >= 0.3 is 5.97 Å². The van der Waals surface area contributed by atoms with Gasteiger partial charge in [-0.1, -0.05) is 6.07 Å². The van der Waals surface area contributed by atoms with Crippen LogP contribution in [0.4, 0.5) is 5.69 Å². The molecule has 5 amide bonds. The first-order valence-electron chi connectivity index (χ1n) is 14.8. The number of amides is 5. The molecular formula is C29H40N4O13. The van der Waals surface area contributed by atoms with Crippen LogP contribution in [0.1, 0.15) is 33.6 Å². The summed E-state index contributed by atoms with van der Waals surface area (Å²) in [6.45, 7) is 3.36. The maximum atomic E-state index is 13.1. The Balaban J connectivity index is 1.13. The number of carbonyl (C=O) groups excluding carboxylic acids is 5. The Hall–Kier alpha value is -4.00. The van der Waals surface area contributed by atoms with E-state index in [1.54, 1.807) is 12.1 Å². The zero-order valence-electron chi connectivity index (χ0n) is 25.4. The van der Waals surface area contributed by atoms with Gasteiger partial charge in [-0.2, -0.15) is 0 Å². The molecule has 0 spiro atoms. The van der Waals surface area contributed by atoms with E-state index >= 15 is 0 Å². The van der Waals surface area contributed by atoms with Gasteiger partial charge in [0.1, 0.15) is 19.3 Å². The number of hydrogen-bond donors (Lipinski definition) is 4. The van der Waals surface area contributed by atoms with Gasteiger partial charge in [0.2, 0.25) is 17.7 Å². The Morgan fingerprint density at radius 3 is 1.96 bits per heavy atom. The van der Waals surface area contributed by atoms with E-state index in [1.165, 1.54) is 6.07 Å². The van der Waals surface area contributed by atoms with Crippen LogP contribution in [0.5, 0.6) is 0 Å². The van der Waals surface area contributed by atoms with E-state index in [1.807, 2.05) is 0 Å². The fraction of sp³-hybridized carbons (Fsp3) is 0.586. The van der Waals surface area contributed by atoms with Crippen molar-refractivity contribution in [1.29, 1.82) is 0 Å². The number of rotatable bonds is 24. The maximum absolute atomic E-state index is 13.1. The molecule has 1 fully saturated rings. The number of carbonyl (C=O) groups is 6. The lowest BCUT2D eigenvalue weighted by atomic mass is 10.0. The van der Waals surface area contributed by atoms with E-state index in [-0.39, 0.29) is 43.7 Å². The lowest BCUT2D eigenvalue weighted by Gasteiger charge is -2.27. The summed E-state index contributed by atoms with van der Waals surface area (Å²) in [5.74, 6) is -3.77. The minimum Gasteiger partial charge on any atom is -0.480 e. The highest BCUT2D eigenvalue weighted by Crippen LogP contribution is 2.32. The third-order valence-electron chi connectivity index (χ3n) is 6.55. The second-order valence-electron chi connectivity index (χ2n) is 9.90. The third-order valence-corrected chi connectivity index (χ3v) is 6.55. The average Bonchev–Trinajstić information content (AvgIpc) is 3.27. The number of anilines is 1. The van der Waals surface area contributed by atoms with Crippen LogP contribution in [0.15, 0.2) is 18.2 Å². The van der Waals surface area contributed by atoms with Crippen LogP contribution in [0, 0.1) is 0 Å². The quantitative estimate of drug-likeness (QED) is 0.0762. The molecule has 2 aliphatic heterocycles. The molecular weight excluding hydrogens is 612 g/mol. The third kappa shape index (κ3) is 12.1. The Kier molecular flexibility index (Phi) is 16.0. The molecule has 1 saturated heterocycles. The molecule has 17 nitrogen and oxygen atoms in total. The van der Waals surface area contributed by atoms with Crippen LogP contribution in [0.25, 0.3) is 0 Å². The summed E-state index contributed by atoms with van der Waals surface area (Å²) in [4.78, 5) is 72.3. The topological polar surface area (TPSA) is 217 Å². The summed E-state index contributed by atoms with van der Waals surface area (Å²) in [5.41, 5.74) is 0.863. The van der Waals surface area contributed by atoms with Crippen LogP contribution in [-0.2, 0) is 47.6 Å². The second-order valence-corrected chi connectivity index (χ2v) is 9.90. The van der Waals surface area contributed by atoms with Crippen molar-refractivity contribution < 1.29 is 62.3 Å². The number of ether oxygens (including phenoxy) is 6. The largest absolute Gasteiger partial charge is 0.480 e. The van der Waals surface area contributed by atoms with Crippen molar-refractivity contribution >= 4 is 41.2 Å². The van der Waals surface area contributed by atoms with Crippen molar-refractivity contribution in [3.8, 4) is 0 Å². The van der Waals surface area contributed by atoms with Gasteiger partial charge in [0.15, 0.2) is 0 Å². The molecule has 254 valence electrons. The van der Waals surface area contributed by atoms with Gasteiger partial charge in [0.25, 0.3) is 11.8 Å². The predicted molar refractivity (Wildman–Crippen MR) is 157 cm³/mol. The molecule has 46 heavy (non-hydrogen) atoms. The smallest absolute Gasteiger partial charge is 0.329 e. The van der Waals surface area contributed by atoms with Gasteiger partial charge in [0.05, 0.1) is 77.2 Å². The van der Waals surface area contributed by atoms with E-state index in [2.05, 4.69) is 20.7 Å². The van der Waals surface area contributed by atoms with Crippen molar-refractivity contribution in [3.05, 3.63) is 29.3 Å². The fourth-order valence-corrected chi connectivity index (χ4v) is 4.45. The van der Waals surface area contributed by atoms with Crippen molar-refractivity contribution in [3.63, 3.8) is 0 Å². The summed E-state index contributed by atoms with van der Waals surface area (Å²) < 4.78 is 31.8. The van der Waals surface area contributed by atoms with Gasteiger partial charge in [-0.15, -0.1) is 0 Å². The zero-order valence-corrected chi connectivity index (χ0v) is 25.4. The molecule has 0 bridgehead atoms. The number of hydrogen-bond acceptors (Lipinski definition) is 13. The molecule has 0 saturated carbocycles. The average molecular weight is 653 g/mol. The van der Waals surface area contributed by atoms with E-state index in [4.69, 9.17) is 28.8 Å². The Morgan fingerprint density at radius 2 is 1.37 bits per heavy atom. The highest BCUT2D eigenvalue weighted by atomic mass is 16.6. The summed E-state index contributed by atoms with van der Waals surface area (Å²) >= 11 is 0. The van der Waals surface area contributed by atoms with E-state index < -0.39 is 48.2 Å². The van der Waals surface area contributed by atoms with Crippen molar-refractivity contribution in [1.82, 2.24) is 15.5 Å². The van der Waals surface area contributed by atoms with Crippen LogP contribution in [-0.4, -0.2) is 144 Å². The van der Waals surface area contributed by atoms with Crippen LogP contribution in [0.2, 0.25) is 0 Å². The van der Waals surface area contributed by atoms with E-state index in [0.717, 1.165) is 4.90 Å². The lowest BCUT2D eigenvalue weighted by molar-refractivity contribution is -0.143. The summed E-state index contributed by atoms with van der Waals surface area (Å²) in [6.07, 6.45) is 0.150.